The molecule has 0 aliphatic rings. The third kappa shape index (κ3) is 2.42. The lowest BCUT2D eigenvalue weighted by atomic mass is 10.2. The largest absolute Gasteiger partial charge is 0.465 e. The standard InChI is InChI=1S/C9H8F2O3/c1-13-8(12)6-4-2-3-5-7(6)14-9(10)11/h2-5,9H,1H3. The third-order valence-electron chi connectivity index (χ3n) is 1.51. The van der Waals surface area contributed by atoms with E-state index in [1.54, 1.807) is 0 Å². The fourth-order valence-corrected chi connectivity index (χ4v) is 0.944. The number of hydrogen-bond donors (Lipinski definition) is 0. The molecule has 1 aromatic rings. The van der Waals surface area contributed by atoms with Gasteiger partial charge in [0.05, 0.1) is 7.11 Å². The molecule has 0 unspecified atom stereocenters. The number of ether oxygens (including phenoxy) is 2. The lowest BCUT2D eigenvalue weighted by Gasteiger charge is -2.08. The Kier molecular flexibility index (Phi) is 3.39. The Hall–Kier alpha value is -1.65. The van der Waals surface area contributed by atoms with Crippen LogP contribution in [0.5, 0.6) is 5.75 Å². The number of alkyl halides is 2. The molecule has 14 heavy (non-hydrogen) atoms. The van der Waals surface area contributed by atoms with Gasteiger partial charge in [0.1, 0.15) is 11.3 Å². The minimum Gasteiger partial charge on any atom is -0.465 e. The fourth-order valence-electron chi connectivity index (χ4n) is 0.944. The summed E-state index contributed by atoms with van der Waals surface area (Å²) in [5.41, 5.74) is -0.0182. The Balaban J connectivity index is 2.97. The van der Waals surface area contributed by atoms with E-state index in [-0.39, 0.29) is 11.3 Å². The van der Waals surface area contributed by atoms with E-state index < -0.39 is 12.6 Å². The number of methoxy groups -OCH3 is 1. The van der Waals surface area contributed by atoms with Gasteiger partial charge in [0, 0.05) is 0 Å². The Labute approximate surface area is 79.2 Å². The predicted molar refractivity (Wildman–Crippen MR) is 44.4 cm³/mol. The number of rotatable bonds is 3. The van der Waals surface area contributed by atoms with Crippen LogP contribution < -0.4 is 4.74 Å². The van der Waals surface area contributed by atoms with E-state index in [1.807, 2.05) is 0 Å². The zero-order chi connectivity index (χ0) is 10.6. The van der Waals surface area contributed by atoms with E-state index in [0.717, 1.165) is 0 Å². The summed E-state index contributed by atoms with van der Waals surface area (Å²) in [6.07, 6.45) is 0. The van der Waals surface area contributed by atoms with Crippen molar-refractivity contribution in [3.8, 4) is 5.75 Å². The molecule has 0 heterocycles. The molecule has 0 fully saturated rings. The maximum atomic E-state index is 11.9. The van der Waals surface area contributed by atoms with Crippen LogP contribution in [0.4, 0.5) is 8.78 Å². The molecule has 0 radical (unpaired) electrons. The summed E-state index contributed by atoms with van der Waals surface area (Å²) in [6, 6.07) is 5.65. The van der Waals surface area contributed by atoms with Crippen molar-refractivity contribution < 1.29 is 23.0 Å². The summed E-state index contributed by atoms with van der Waals surface area (Å²) in [5.74, 6) is -0.893. The highest BCUT2D eigenvalue weighted by molar-refractivity contribution is 5.92. The first-order chi connectivity index (χ1) is 6.65. The number of benzene rings is 1. The van der Waals surface area contributed by atoms with Crippen LogP contribution in [-0.4, -0.2) is 19.7 Å². The molecular weight excluding hydrogens is 194 g/mol. The van der Waals surface area contributed by atoms with Gasteiger partial charge >= 0.3 is 12.6 Å². The zero-order valence-corrected chi connectivity index (χ0v) is 7.37. The first-order valence-corrected chi connectivity index (χ1v) is 3.77. The van der Waals surface area contributed by atoms with Gasteiger partial charge in [-0.05, 0) is 12.1 Å². The van der Waals surface area contributed by atoms with Crippen molar-refractivity contribution in [2.45, 2.75) is 6.61 Å². The molecule has 0 bridgehead atoms. The van der Waals surface area contributed by atoms with Gasteiger partial charge in [-0.1, -0.05) is 12.1 Å². The van der Waals surface area contributed by atoms with Gasteiger partial charge in [0.25, 0.3) is 0 Å². The van der Waals surface area contributed by atoms with Crippen molar-refractivity contribution >= 4 is 5.97 Å². The van der Waals surface area contributed by atoms with Crippen LogP contribution in [0.25, 0.3) is 0 Å². The molecule has 0 aliphatic heterocycles. The molecule has 0 spiro atoms. The highest BCUT2D eigenvalue weighted by atomic mass is 19.3. The van der Waals surface area contributed by atoms with E-state index in [0.29, 0.717) is 0 Å². The molecule has 0 saturated heterocycles. The number of para-hydroxylation sites is 1. The normalized spacial score (nSPS) is 10.0. The molecule has 0 aromatic heterocycles. The van der Waals surface area contributed by atoms with E-state index in [4.69, 9.17) is 0 Å². The maximum Gasteiger partial charge on any atom is 0.387 e. The summed E-state index contributed by atoms with van der Waals surface area (Å²) >= 11 is 0. The van der Waals surface area contributed by atoms with Crippen LogP contribution >= 0.6 is 0 Å². The number of carbonyl (C=O) groups excluding carboxylic acids is 1. The Morgan fingerprint density at radius 2 is 2.00 bits per heavy atom. The number of esters is 1. The summed E-state index contributed by atoms with van der Waals surface area (Å²) in [4.78, 5) is 11.1. The topological polar surface area (TPSA) is 35.5 Å². The Morgan fingerprint density at radius 1 is 1.36 bits per heavy atom. The molecule has 0 saturated carbocycles. The number of halogens is 2. The SMILES string of the molecule is COC(=O)c1ccccc1OC(F)F. The van der Waals surface area contributed by atoms with Crippen molar-refractivity contribution in [3.63, 3.8) is 0 Å². The predicted octanol–water partition coefficient (Wildman–Crippen LogP) is 2.07. The second kappa shape index (κ2) is 4.55. The third-order valence-corrected chi connectivity index (χ3v) is 1.51. The molecule has 0 amide bonds. The van der Waals surface area contributed by atoms with Gasteiger partial charge in [0.2, 0.25) is 0 Å². The number of hydrogen-bond acceptors (Lipinski definition) is 3. The lowest BCUT2D eigenvalue weighted by molar-refractivity contribution is -0.0504. The van der Waals surface area contributed by atoms with E-state index >= 15 is 0 Å². The molecule has 0 aliphatic carbocycles. The van der Waals surface area contributed by atoms with Crippen LogP contribution in [0, 0.1) is 0 Å². The van der Waals surface area contributed by atoms with Gasteiger partial charge < -0.3 is 9.47 Å². The van der Waals surface area contributed by atoms with Gasteiger partial charge in [-0.15, -0.1) is 0 Å². The second-order valence-electron chi connectivity index (χ2n) is 2.37. The Bertz CT molecular complexity index is 326. The molecule has 3 nitrogen and oxygen atoms in total. The quantitative estimate of drug-likeness (QED) is 0.704. The van der Waals surface area contributed by atoms with Crippen molar-refractivity contribution in [2.24, 2.45) is 0 Å². The van der Waals surface area contributed by atoms with E-state index in [9.17, 15) is 13.6 Å². The Morgan fingerprint density at radius 3 is 2.57 bits per heavy atom. The van der Waals surface area contributed by atoms with Crippen LogP contribution in [0.3, 0.4) is 0 Å². The summed E-state index contributed by atoms with van der Waals surface area (Å²) in [6.45, 7) is -2.96. The average Bonchev–Trinajstić information content (AvgIpc) is 2.16. The van der Waals surface area contributed by atoms with E-state index in [1.165, 1.54) is 31.4 Å². The first-order valence-electron chi connectivity index (χ1n) is 3.77. The van der Waals surface area contributed by atoms with Gasteiger partial charge in [0.15, 0.2) is 0 Å². The monoisotopic (exact) mass is 202 g/mol. The van der Waals surface area contributed by atoms with Crippen LogP contribution in [0.15, 0.2) is 24.3 Å². The average molecular weight is 202 g/mol. The minimum atomic E-state index is -2.96. The zero-order valence-electron chi connectivity index (χ0n) is 7.37. The minimum absolute atomic E-state index is 0.0182. The van der Waals surface area contributed by atoms with Gasteiger partial charge in [-0.3, -0.25) is 0 Å². The molecule has 0 N–H and O–H groups in total. The van der Waals surface area contributed by atoms with Crippen molar-refractivity contribution in [3.05, 3.63) is 29.8 Å². The van der Waals surface area contributed by atoms with E-state index in [2.05, 4.69) is 9.47 Å². The van der Waals surface area contributed by atoms with Crippen LogP contribution in [0.2, 0.25) is 0 Å². The highest BCUT2D eigenvalue weighted by Crippen LogP contribution is 2.20. The fraction of sp³-hybridized carbons (Fsp3) is 0.222. The first kappa shape index (κ1) is 10.4. The summed E-state index contributed by atoms with van der Waals surface area (Å²) in [7, 11) is 1.17. The van der Waals surface area contributed by atoms with Gasteiger partial charge in [-0.25, -0.2) is 4.79 Å². The molecule has 1 rings (SSSR count). The second-order valence-corrected chi connectivity index (χ2v) is 2.37. The van der Waals surface area contributed by atoms with Crippen molar-refractivity contribution in [2.75, 3.05) is 7.11 Å². The maximum absolute atomic E-state index is 11.9. The highest BCUT2D eigenvalue weighted by Gasteiger charge is 2.14. The number of carbonyl (C=O) groups is 1. The molecular formula is C9H8F2O3. The van der Waals surface area contributed by atoms with Gasteiger partial charge in [-0.2, -0.15) is 8.78 Å². The van der Waals surface area contributed by atoms with Crippen molar-refractivity contribution in [1.82, 2.24) is 0 Å². The van der Waals surface area contributed by atoms with Crippen molar-refractivity contribution in [1.29, 1.82) is 0 Å². The smallest absolute Gasteiger partial charge is 0.387 e. The summed E-state index contributed by atoms with van der Waals surface area (Å²) < 4.78 is 32.3. The molecule has 1 aromatic carbocycles. The van der Waals surface area contributed by atoms with Crippen LogP contribution in [0.1, 0.15) is 10.4 Å². The molecule has 0 atom stereocenters. The summed E-state index contributed by atoms with van der Waals surface area (Å²) in [5, 5.41) is 0. The molecule has 5 heteroatoms. The lowest BCUT2D eigenvalue weighted by Crippen LogP contribution is -2.08. The molecule has 76 valence electrons. The van der Waals surface area contributed by atoms with Crippen LogP contribution in [-0.2, 0) is 4.74 Å².